The summed E-state index contributed by atoms with van der Waals surface area (Å²) in [5, 5.41) is 0.434. The van der Waals surface area contributed by atoms with Crippen molar-refractivity contribution in [3.8, 4) is 11.5 Å². The van der Waals surface area contributed by atoms with Crippen LogP contribution < -0.4 is 9.47 Å². The number of methoxy groups -OCH3 is 1. The molecule has 0 unspecified atom stereocenters. The predicted octanol–water partition coefficient (Wildman–Crippen LogP) is 3.18. The molecular weight excluding hydrogens is 278 g/mol. The molecule has 0 N–H and O–H groups in total. The molecule has 2 aromatic rings. The van der Waals surface area contributed by atoms with Crippen molar-refractivity contribution in [2.45, 2.75) is 6.42 Å². The Morgan fingerprint density at radius 3 is 2.90 bits per heavy atom. The van der Waals surface area contributed by atoms with Gasteiger partial charge in [0.1, 0.15) is 0 Å². The standard InChI is InChI=1S/C15H14ClNO3/c1-19-14-8-13(16)7-12(10-18)15(14)20-6-4-11-3-2-5-17-9-11/h2-3,5,7-10H,4,6H2,1H3. The van der Waals surface area contributed by atoms with Gasteiger partial charge in [0.2, 0.25) is 0 Å². The summed E-state index contributed by atoms with van der Waals surface area (Å²) in [6, 6.07) is 7.01. The molecular formula is C15H14ClNO3. The zero-order valence-electron chi connectivity index (χ0n) is 11.0. The van der Waals surface area contributed by atoms with E-state index < -0.39 is 0 Å². The smallest absolute Gasteiger partial charge is 0.171 e. The molecule has 1 aromatic heterocycles. The molecule has 1 aromatic carbocycles. The molecule has 2 rings (SSSR count). The van der Waals surface area contributed by atoms with Crippen molar-refractivity contribution in [3.63, 3.8) is 0 Å². The quantitative estimate of drug-likeness (QED) is 0.767. The van der Waals surface area contributed by atoms with Crippen molar-refractivity contribution in [1.29, 1.82) is 0 Å². The Morgan fingerprint density at radius 2 is 2.25 bits per heavy atom. The highest BCUT2D eigenvalue weighted by Gasteiger charge is 2.12. The van der Waals surface area contributed by atoms with Gasteiger partial charge in [-0.25, -0.2) is 0 Å². The minimum Gasteiger partial charge on any atom is -0.493 e. The van der Waals surface area contributed by atoms with Crippen molar-refractivity contribution >= 4 is 17.9 Å². The number of carbonyl (C=O) groups excluding carboxylic acids is 1. The molecule has 20 heavy (non-hydrogen) atoms. The van der Waals surface area contributed by atoms with Crippen LogP contribution in [0, 0.1) is 0 Å². The van der Waals surface area contributed by atoms with Gasteiger partial charge in [0, 0.05) is 29.9 Å². The van der Waals surface area contributed by atoms with Crippen molar-refractivity contribution < 1.29 is 14.3 Å². The Balaban J connectivity index is 2.10. The number of ether oxygens (including phenoxy) is 2. The first-order chi connectivity index (χ1) is 9.74. The lowest BCUT2D eigenvalue weighted by atomic mass is 10.2. The van der Waals surface area contributed by atoms with Gasteiger partial charge in [0.25, 0.3) is 0 Å². The molecule has 0 atom stereocenters. The van der Waals surface area contributed by atoms with Crippen molar-refractivity contribution in [3.05, 3.63) is 52.8 Å². The van der Waals surface area contributed by atoms with Crippen LogP contribution in [0.3, 0.4) is 0 Å². The topological polar surface area (TPSA) is 48.4 Å². The Labute approximate surface area is 122 Å². The maximum Gasteiger partial charge on any atom is 0.171 e. The van der Waals surface area contributed by atoms with E-state index in [9.17, 15) is 4.79 Å². The maximum absolute atomic E-state index is 11.1. The lowest BCUT2D eigenvalue weighted by Gasteiger charge is -2.13. The molecule has 0 fully saturated rings. The van der Waals surface area contributed by atoms with Gasteiger partial charge < -0.3 is 9.47 Å². The molecule has 0 spiro atoms. The normalized spacial score (nSPS) is 10.1. The highest BCUT2D eigenvalue weighted by Crippen LogP contribution is 2.33. The number of nitrogens with zero attached hydrogens (tertiary/aromatic N) is 1. The van der Waals surface area contributed by atoms with Crippen LogP contribution in [0.15, 0.2) is 36.7 Å². The van der Waals surface area contributed by atoms with Gasteiger partial charge in [-0.2, -0.15) is 0 Å². The zero-order valence-corrected chi connectivity index (χ0v) is 11.8. The van der Waals surface area contributed by atoms with Crippen molar-refractivity contribution in [2.24, 2.45) is 0 Å². The van der Waals surface area contributed by atoms with Crippen LogP contribution in [0.25, 0.3) is 0 Å². The third-order valence-corrected chi connectivity index (χ3v) is 2.97. The molecule has 4 nitrogen and oxygen atoms in total. The van der Waals surface area contributed by atoms with Crippen LogP contribution in [0.5, 0.6) is 11.5 Å². The largest absolute Gasteiger partial charge is 0.493 e. The van der Waals surface area contributed by atoms with E-state index in [4.69, 9.17) is 21.1 Å². The minimum atomic E-state index is 0.375. The first kappa shape index (κ1) is 14.3. The molecule has 0 amide bonds. The summed E-state index contributed by atoms with van der Waals surface area (Å²) in [5.74, 6) is 0.863. The number of pyridine rings is 1. The summed E-state index contributed by atoms with van der Waals surface area (Å²) in [4.78, 5) is 15.1. The lowest BCUT2D eigenvalue weighted by molar-refractivity contribution is 0.111. The van der Waals surface area contributed by atoms with E-state index >= 15 is 0 Å². The van der Waals surface area contributed by atoms with Crippen molar-refractivity contribution in [1.82, 2.24) is 4.98 Å². The summed E-state index contributed by atoms with van der Waals surface area (Å²) in [5.41, 5.74) is 1.44. The summed E-state index contributed by atoms with van der Waals surface area (Å²) in [6.45, 7) is 0.421. The fraction of sp³-hybridized carbons (Fsp3) is 0.200. The number of benzene rings is 1. The Bertz CT molecular complexity index is 587. The minimum absolute atomic E-state index is 0.375. The predicted molar refractivity (Wildman–Crippen MR) is 76.8 cm³/mol. The number of halogens is 1. The molecule has 104 valence electrons. The van der Waals surface area contributed by atoms with Gasteiger partial charge in [-0.3, -0.25) is 9.78 Å². The zero-order chi connectivity index (χ0) is 14.4. The Kier molecular flexibility index (Phi) is 4.96. The molecule has 1 heterocycles. The molecule has 0 saturated carbocycles. The van der Waals surface area contributed by atoms with Gasteiger partial charge in [-0.15, -0.1) is 0 Å². The Morgan fingerprint density at radius 1 is 1.40 bits per heavy atom. The van der Waals surface area contributed by atoms with Gasteiger partial charge in [0.15, 0.2) is 17.8 Å². The van der Waals surface area contributed by atoms with Gasteiger partial charge in [0.05, 0.1) is 19.3 Å². The van der Waals surface area contributed by atoms with Crippen LogP contribution in [-0.4, -0.2) is 25.0 Å². The molecule has 5 heteroatoms. The van der Waals surface area contributed by atoms with Crippen molar-refractivity contribution in [2.75, 3.05) is 13.7 Å². The van der Waals surface area contributed by atoms with Crippen LogP contribution in [0.1, 0.15) is 15.9 Å². The van der Waals surface area contributed by atoms with E-state index in [0.29, 0.717) is 41.4 Å². The molecule has 0 aliphatic heterocycles. The number of hydrogen-bond donors (Lipinski definition) is 0. The van der Waals surface area contributed by atoms with Crippen LogP contribution >= 0.6 is 11.6 Å². The average molecular weight is 292 g/mol. The lowest BCUT2D eigenvalue weighted by Crippen LogP contribution is -2.05. The molecule has 0 aliphatic rings. The number of hydrogen-bond acceptors (Lipinski definition) is 4. The number of carbonyl (C=O) groups is 1. The summed E-state index contributed by atoms with van der Waals surface area (Å²) in [7, 11) is 1.51. The summed E-state index contributed by atoms with van der Waals surface area (Å²) in [6.07, 6.45) is 4.89. The van der Waals surface area contributed by atoms with E-state index in [0.717, 1.165) is 5.56 Å². The third kappa shape index (κ3) is 3.48. The second kappa shape index (κ2) is 6.91. The van der Waals surface area contributed by atoms with Crippen LogP contribution in [-0.2, 0) is 6.42 Å². The van der Waals surface area contributed by atoms with E-state index in [2.05, 4.69) is 4.98 Å². The van der Waals surface area contributed by atoms with Crippen LogP contribution in [0.2, 0.25) is 5.02 Å². The second-order valence-corrected chi connectivity index (χ2v) is 4.54. The second-order valence-electron chi connectivity index (χ2n) is 4.10. The van der Waals surface area contributed by atoms with E-state index in [1.54, 1.807) is 24.5 Å². The van der Waals surface area contributed by atoms with Gasteiger partial charge in [-0.05, 0) is 17.7 Å². The molecule has 0 bridgehead atoms. The fourth-order valence-electron chi connectivity index (χ4n) is 1.80. The SMILES string of the molecule is COc1cc(Cl)cc(C=O)c1OCCc1cccnc1. The first-order valence-electron chi connectivity index (χ1n) is 6.09. The summed E-state index contributed by atoms with van der Waals surface area (Å²) < 4.78 is 10.9. The van der Waals surface area contributed by atoms with E-state index in [1.807, 2.05) is 12.1 Å². The highest BCUT2D eigenvalue weighted by atomic mass is 35.5. The average Bonchev–Trinajstić information content (AvgIpc) is 2.49. The van der Waals surface area contributed by atoms with Gasteiger partial charge in [-0.1, -0.05) is 17.7 Å². The van der Waals surface area contributed by atoms with E-state index in [-0.39, 0.29) is 0 Å². The number of aromatic nitrogens is 1. The highest BCUT2D eigenvalue weighted by molar-refractivity contribution is 6.31. The molecule has 0 aliphatic carbocycles. The van der Waals surface area contributed by atoms with Crippen LogP contribution in [0.4, 0.5) is 0 Å². The molecule has 0 saturated heterocycles. The van der Waals surface area contributed by atoms with E-state index in [1.165, 1.54) is 7.11 Å². The number of rotatable bonds is 6. The number of aldehydes is 1. The first-order valence-corrected chi connectivity index (χ1v) is 6.47. The third-order valence-electron chi connectivity index (χ3n) is 2.76. The Hall–Kier alpha value is -2.07. The monoisotopic (exact) mass is 291 g/mol. The summed E-state index contributed by atoms with van der Waals surface area (Å²) >= 11 is 5.91. The molecule has 0 radical (unpaired) electrons. The van der Waals surface area contributed by atoms with Gasteiger partial charge >= 0.3 is 0 Å². The maximum atomic E-state index is 11.1. The fourth-order valence-corrected chi connectivity index (χ4v) is 2.02.